The topological polar surface area (TPSA) is 53.8 Å². The number of thioether (sulfide) groups is 1. The maximum Gasteiger partial charge on any atom is 0.134 e. The minimum atomic E-state index is 0.0469. The monoisotopic (exact) mass is 314 g/mol. The van der Waals surface area contributed by atoms with Crippen LogP contribution in [-0.4, -0.2) is 17.0 Å². The van der Waals surface area contributed by atoms with Gasteiger partial charge in [-0.15, -0.1) is 23.1 Å². The van der Waals surface area contributed by atoms with Gasteiger partial charge in [-0.05, 0) is 13.2 Å². The zero-order valence-electron chi connectivity index (χ0n) is 11.8. The molecular weight excluding hydrogens is 300 g/mol. The minimum Gasteiger partial charge on any atom is -0.300 e. The third-order valence-electron chi connectivity index (χ3n) is 2.83. The molecule has 0 atom stereocenters. The second-order valence-corrected chi connectivity index (χ2v) is 6.16. The summed E-state index contributed by atoms with van der Waals surface area (Å²) in [5.41, 5.74) is 2.17. The van der Waals surface area contributed by atoms with E-state index < -0.39 is 0 Å². The van der Waals surface area contributed by atoms with Crippen LogP contribution in [0.2, 0.25) is 0 Å². The fourth-order valence-corrected chi connectivity index (χ4v) is 3.37. The van der Waals surface area contributed by atoms with Crippen LogP contribution in [-0.2, 0) is 4.79 Å². The third-order valence-corrected chi connectivity index (χ3v) is 4.56. The summed E-state index contributed by atoms with van der Waals surface area (Å²) in [4.78, 5) is 16.6. The molecule has 1 aromatic heterocycles. The molecule has 0 amide bonds. The molecule has 0 aliphatic carbocycles. The second kappa shape index (κ2) is 7.21. The van der Waals surface area contributed by atoms with E-state index in [9.17, 15) is 10.1 Å². The molecule has 0 aliphatic rings. The number of hydrogen-bond acceptors (Lipinski definition) is 5. The van der Waals surface area contributed by atoms with Crippen LogP contribution in [0.1, 0.15) is 19.0 Å². The lowest BCUT2D eigenvalue weighted by atomic mass is 10.1. The first-order valence-corrected chi connectivity index (χ1v) is 8.44. The summed E-state index contributed by atoms with van der Waals surface area (Å²) < 4.78 is 0. The van der Waals surface area contributed by atoms with Crippen LogP contribution in [0.15, 0.2) is 40.6 Å². The number of thiazole rings is 1. The molecule has 0 spiro atoms. The first kappa shape index (κ1) is 15.5. The molecule has 106 valence electrons. The quantitative estimate of drug-likeness (QED) is 0.768. The van der Waals surface area contributed by atoms with Crippen molar-refractivity contribution in [3.63, 3.8) is 0 Å². The van der Waals surface area contributed by atoms with Crippen molar-refractivity contribution in [1.82, 2.24) is 4.98 Å². The van der Waals surface area contributed by atoms with Crippen molar-refractivity contribution in [3.05, 3.63) is 46.3 Å². The molecule has 2 aromatic rings. The lowest BCUT2D eigenvalue weighted by molar-refractivity contribution is -0.116. The Morgan fingerprint density at radius 3 is 2.67 bits per heavy atom. The molecule has 1 aromatic carbocycles. The molecule has 3 nitrogen and oxygen atoms in total. The predicted octanol–water partition coefficient (Wildman–Crippen LogP) is 4.39. The molecule has 1 heterocycles. The van der Waals surface area contributed by atoms with E-state index in [2.05, 4.69) is 11.1 Å². The zero-order valence-corrected chi connectivity index (χ0v) is 13.4. The zero-order chi connectivity index (χ0) is 15.2. The van der Waals surface area contributed by atoms with Crippen molar-refractivity contribution in [1.29, 1.82) is 5.26 Å². The number of rotatable bonds is 5. The number of aromatic nitrogens is 1. The standard InChI is InChI=1S/C16H14N2OS2/c1-11(19)8-15(20-2)13(9-17)14-10-21-16(18-14)12-6-4-3-5-7-12/h3-7,10H,8H2,1-2H3/b15-13+. The number of carbonyl (C=O) groups is 1. The summed E-state index contributed by atoms with van der Waals surface area (Å²) in [6, 6.07) is 12.0. The van der Waals surface area contributed by atoms with Gasteiger partial charge in [0.25, 0.3) is 0 Å². The van der Waals surface area contributed by atoms with Gasteiger partial charge < -0.3 is 0 Å². The fraction of sp³-hybridized carbons (Fsp3) is 0.188. The lowest BCUT2D eigenvalue weighted by Crippen LogP contribution is -1.95. The molecule has 21 heavy (non-hydrogen) atoms. The number of benzene rings is 1. The molecule has 2 rings (SSSR count). The summed E-state index contributed by atoms with van der Waals surface area (Å²) in [5.74, 6) is 0.0469. The highest BCUT2D eigenvalue weighted by molar-refractivity contribution is 8.02. The number of ketones is 1. The summed E-state index contributed by atoms with van der Waals surface area (Å²) in [5, 5.41) is 12.2. The molecule has 0 fully saturated rings. The average molecular weight is 314 g/mol. The van der Waals surface area contributed by atoms with Crippen molar-refractivity contribution in [2.45, 2.75) is 13.3 Å². The van der Waals surface area contributed by atoms with Crippen LogP contribution in [0.5, 0.6) is 0 Å². The first-order valence-electron chi connectivity index (χ1n) is 6.33. The Kier molecular flexibility index (Phi) is 5.32. The largest absolute Gasteiger partial charge is 0.300 e. The fourth-order valence-electron chi connectivity index (χ4n) is 1.85. The van der Waals surface area contributed by atoms with Crippen LogP contribution >= 0.6 is 23.1 Å². The highest BCUT2D eigenvalue weighted by atomic mass is 32.2. The van der Waals surface area contributed by atoms with Gasteiger partial charge in [-0.25, -0.2) is 4.98 Å². The Labute approximate surface area is 132 Å². The van der Waals surface area contributed by atoms with Crippen molar-refractivity contribution >= 4 is 34.5 Å². The van der Waals surface area contributed by atoms with Gasteiger partial charge in [0.15, 0.2) is 0 Å². The van der Waals surface area contributed by atoms with Gasteiger partial charge in [-0.3, -0.25) is 4.79 Å². The van der Waals surface area contributed by atoms with Crippen LogP contribution in [0.4, 0.5) is 0 Å². The molecule has 0 saturated heterocycles. The Morgan fingerprint density at radius 1 is 1.38 bits per heavy atom. The Hall–Kier alpha value is -1.90. The third kappa shape index (κ3) is 3.81. The number of carbonyl (C=O) groups excluding carboxylic acids is 1. The predicted molar refractivity (Wildman–Crippen MR) is 88.9 cm³/mol. The second-order valence-electron chi connectivity index (χ2n) is 4.40. The van der Waals surface area contributed by atoms with E-state index in [4.69, 9.17) is 0 Å². The van der Waals surface area contributed by atoms with E-state index in [-0.39, 0.29) is 12.2 Å². The normalized spacial score (nSPS) is 11.7. The highest BCUT2D eigenvalue weighted by Gasteiger charge is 2.14. The highest BCUT2D eigenvalue weighted by Crippen LogP contribution is 2.31. The van der Waals surface area contributed by atoms with Crippen LogP contribution in [0.3, 0.4) is 0 Å². The van der Waals surface area contributed by atoms with Crippen LogP contribution < -0.4 is 0 Å². The van der Waals surface area contributed by atoms with E-state index in [1.165, 1.54) is 30.0 Å². The summed E-state index contributed by atoms with van der Waals surface area (Å²) >= 11 is 2.93. The van der Waals surface area contributed by atoms with E-state index in [0.29, 0.717) is 11.3 Å². The van der Waals surface area contributed by atoms with E-state index in [1.807, 2.05) is 42.0 Å². The molecule has 0 bridgehead atoms. The van der Waals surface area contributed by atoms with Gasteiger partial charge >= 0.3 is 0 Å². The van der Waals surface area contributed by atoms with E-state index in [0.717, 1.165) is 15.5 Å². The van der Waals surface area contributed by atoms with Crippen LogP contribution in [0.25, 0.3) is 16.1 Å². The molecule has 0 radical (unpaired) electrons. The number of hydrogen-bond donors (Lipinski definition) is 0. The van der Waals surface area contributed by atoms with Crippen molar-refractivity contribution in [3.8, 4) is 16.6 Å². The average Bonchev–Trinajstić information content (AvgIpc) is 2.97. The van der Waals surface area contributed by atoms with Gasteiger partial charge in [-0.1, -0.05) is 30.3 Å². The SMILES string of the molecule is CS/C(CC(C)=O)=C(\C#N)c1csc(-c2ccccc2)n1. The van der Waals surface area contributed by atoms with Crippen molar-refractivity contribution in [2.24, 2.45) is 0 Å². The number of Topliss-reactive ketones (excluding diaryl/α,β-unsaturated/α-hetero) is 1. The summed E-state index contributed by atoms with van der Waals surface area (Å²) in [6.07, 6.45) is 2.16. The molecular formula is C16H14N2OS2. The molecule has 5 heteroatoms. The van der Waals surface area contributed by atoms with Gasteiger partial charge in [-0.2, -0.15) is 5.26 Å². The van der Waals surface area contributed by atoms with Crippen LogP contribution in [0, 0.1) is 11.3 Å². The molecule has 0 aliphatic heterocycles. The van der Waals surface area contributed by atoms with Crippen molar-refractivity contribution in [2.75, 3.05) is 6.26 Å². The van der Waals surface area contributed by atoms with Gasteiger partial charge in [0.05, 0.1) is 11.3 Å². The Balaban J connectivity index is 2.41. The van der Waals surface area contributed by atoms with Gasteiger partial charge in [0.2, 0.25) is 0 Å². The summed E-state index contributed by atoms with van der Waals surface area (Å²) in [7, 11) is 0. The molecule has 0 unspecified atom stereocenters. The number of nitriles is 1. The number of nitrogens with zero attached hydrogens (tertiary/aromatic N) is 2. The number of allylic oxidation sites excluding steroid dienone is 2. The molecule has 0 saturated carbocycles. The van der Waals surface area contributed by atoms with Crippen molar-refractivity contribution < 1.29 is 4.79 Å². The lowest BCUT2D eigenvalue weighted by Gasteiger charge is -2.03. The van der Waals surface area contributed by atoms with E-state index in [1.54, 1.807) is 0 Å². The first-order chi connectivity index (χ1) is 10.2. The van der Waals surface area contributed by atoms with Gasteiger partial charge in [0.1, 0.15) is 16.9 Å². The smallest absolute Gasteiger partial charge is 0.134 e. The maximum atomic E-state index is 11.3. The summed E-state index contributed by atoms with van der Waals surface area (Å²) in [6.45, 7) is 1.53. The minimum absolute atomic E-state index is 0.0469. The Bertz CT molecular complexity index is 711. The maximum absolute atomic E-state index is 11.3. The van der Waals surface area contributed by atoms with E-state index >= 15 is 0 Å². The molecule has 0 N–H and O–H groups in total. The van der Waals surface area contributed by atoms with Gasteiger partial charge in [0, 0.05) is 22.3 Å². The Morgan fingerprint density at radius 2 is 2.10 bits per heavy atom.